The van der Waals surface area contributed by atoms with Gasteiger partial charge in [0.1, 0.15) is 23.3 Å². The number of Topliss-reactive ketones (excluding diaryl/α,β-unsaturated/α-hetero) is 1. The first-order valence-electron chi connectivity index (χ1n) is 10.9. The first-order chi connectivity index (χ1) is 17.5. The predicted octanol–water partition coefficient (Wildman–Crippen LogP) is 4.48. The van der Waals surface area contributed by atoms with Crippen molar-refractivity contribution in [2.75, 3.05) is 13.7 Å². The molecule has 37 heavy (non-hydrogen) atoms. The van der Waals surface area contributed by atoms with Crippen LogP contribution in [0.5, 0.6) is 17.2 Å². The number of alkyl halides is 4. The van der Waals surface area contributed by atoms with Gasteiger partial charge in [0.05, 0.1) is 12.7 Å². The van der Waals surface area contributed by atoms with Crippen molar-refractivity contribution in [3.63, 3.8) is 0 Å². The van der Waals surface area contributed by atoms with Crippen LogP contribution in [0.15, 0.2) is 48.5 Å². The maximum absolute atomic E-state index is 12.7. The molecule has 2 aromatic rings. The third-order valence-electron chi connectivity index (χ3n) is 4.80. The van der Waals surface area contributed by atoms with Crippen molar-refractivity contribution in [1.29, 1.82) is 0 Å². The maximum atomic E-state index is 12.7. The summed E-state index contributed by atoms with van der Waals surface area (Å²) in [5.41, 5.74) is 0.263. The number of rotatable bonds is 13. The number of methoxy groups -OCH3 is 1. The van der Waals surface area contributed by atoms with Crippen LogP contribution >= 0.6 is 0 Å². The zero-order valence-electron chi connectivity index (χ0n) is 20.1. The van der Waals surface area contributed by atoms with Crippen LogP contribution in [0.4, 0.5) is 17.6 Å². The highest BCUT2D eigenvalue weighted by atomic mass is 19.3. The van der Waals surface area contributed by atoms with E-state index in [1.165, 1.54) is 19.3 Å². The molecule has 2 aromatic carbocycles. The Morgan fingerprint density at radius 2 is 1.54 bits per heavy atom. The second kappa shape index (κ2) is 13.9. The molecule has 0 aliphatic heterocycles. The molecule has 0 spiro atoms. The molecule has 0 saturated heterocycles. The van der Waals surface area contributed by atoms with Gasteiger partial charge in [-0.05, 0) is 41.8 Å². The number of nitrogens with one attached hydrogen (secondary N) is 1. The SMILES string of the molecule is COc1ccc(/C=C/C(=O)N[C@H](C(=O)OCC(=O)c2ccc(OC(F)F)cc2OC(F)F)C(C)C)cc1. The topological polar surface area (TPSA) is 100 Å². The van der Waals surface area contributed by atoms with Gasteiger partial charge >= 0.3 is 19.2 Å². The number of carbonyl (C=O) groups is 3. The Balaban J connectivity index is 2.04. The minimum atomic E-state index is -3.36. The van der Waals surface area contributed by atoms with Gasteiger partial charge in [-0.1, -0.05) is 26.0 Å². The van der Waals surface area contributed by atoms with Gasteiger partial charge in [0.2, 0.25) is 11.7 Å². The van der Waals surface area contributed by atoms with E-state index in [9.17, 15) is 31.9 Å². The van der Waals surface area contributed by atoms with Gasteiger partial charge in [0.25, 0.3) is 0 Å². The van der Waals surface area contributed by atoms with Crippen LogP contribution in [0.1, 0.15) is 29.8 Å². The first-order valence-corrected chi connectivity index (χ1v) is 10.9. The molecule has 1 atom stereocenters. The molecule has 8 nitrogen and oxygen atoms in total. The molecule has 0 aromatic heterocycles. The Kier molecular flexibility index (Phi) is 10.9. The highest BCUT2D eigenvalue weighted by Gasteiger charge is 2.27. The lowest BCUT2D eigenvalue weighted by Crippen LogP contribution is -2.45. The van der Waals surface area contributed by atoms with E-state index in [0.29, 0.717) is 17.4 Å². The monoisotopic (exact) mass is 527 g/mol. The van der Waals surface area contributed by atoms with Crippen LogP contribution in [0.3, 0.4) is 0 Å². The average molecular weight is 527 g/mol. The molecule has 0 fully saturated rings. The lowest BCUT2D eigenvalue weighted by molar-refractivity contribution is -0.147. The van der Waals surface area contributed by atoms with Crippen molar-refractivity contribution in [1.82, 2.24) is 5.32 Å². The Morgan fingerprint density at radius 1 is 0.919 bits per heavy atom. The summed E-state index contributed by atoms with van der Waals surface area (Å²) in [6.07, 6.45) is 2.74. The smallest absolute Gasteiger partial charge is 0.387 e. The number of halogens is 4. The summed E-state index contributed by atoms with van der Waals surface area (Å²) in [5, 5.41) is 2.49. The van der Waals surface area contributed by atoms with Crippen molar-refractivity contribution in [3.05, 3.63) is 59.7 Å². The molecule has 0 saturated carbocycles. The highest BCUT2D eigenvalue weighted by molar-refractivity contribution is 6.01. The maximum Gasteiger partial charge on any atom is 0.387 e. The van der Waals surface area contributed by atoms with Crippen molar-refractivity contribution >= 4 is 23.7 Å². The third-order valence-corrected chi connectivity index (χ3v) is 4.80. The molecular weight excluding hydrogens is 502 g/mol. The molecule has 0 radical (unpaired) electrons. The number of ether oxygens (including phenoxy) is 4. The predicted molar refractivity (Wildman–Crippen MR) is 124 cm³/mol. The van der Waals surface area contributed by atoms with Crippen LogP contribution in [-0.2, 0) is 14.3 Å². The zero-order chi connectivity index (χ0) is 27.5. The molecule has 1 amide bonds. The molecule has 0 aliphatic carbocycles. The van der Waals surface area contributed by atoms with E-state index in [1.54, 1.807) is 38.1 Å². The number of hydrogen-bond donors (Lipinski definition) is 1. The Hall–Kier alpha value is -4.09. The summed E-state index contributed by atoms with van der Waals surface area (Å²) in [7, 11) is 1.52. The fourth-order valence-electron chi connectivity index (χ4n) is 2.99. The van der Waals surface area contributed by atoms with Gasteiger partial charge in [-0.25, -0.2) is 4.79 Å². The molecule has 0 bridgehead atoms. The number of carbonyl (C=O) groups excluding carboxylic acids is 3. The molecule has 0 unspecified atom stereocenters. The Labute approximate surface area is 210 Å². The van der Waals surface area contributed by atoms with Gasteiger partial charge in [-0.3, -0.25) is 9.59 Å². The van der Waals surface area contributed by atoms with E-state index in [1.807, 2.05) is 0 Å². The van der Waals surface area contributed by atoms with Crippen LogP contribution < -0.4 is 19.5 Å². The minimum Gasteiger partial charge on any atom is -0.497 e. The van der Waals surface area contributed by atoms with Crippen LogP contribution in [0.2, 0.25) is 0 Å². The quantitative estimate of drug-likeness (QED) is 0.178. The second-order valence-electron chi connectivity index (χ2n) is 7.78. The van der Waals surface area contributed by atoms with Gasteiger partial charge in [0.15, 0.2) is 6.61 Å². The molecular formula is C25H25F4NO7. The van der Waals surface area contributed by atoms with Crippen LogP contribution in [-0.4, -0.2) is 50.6 Å². The molecule has 0 aliphatic rings. The van der Waals surface area contributed by atoms with E-state index < -0.39 is 66.5 Å². The number of ketones is 1. The minimum absolute atomic E-state index is 0.426. The first kappa shape index (κ1) is 29.1. The Morgan fingerprint density at radius 3 is 2.11 bits per heavy atom. The molecule has 2 rings (SSSR count). The van der Waals surface area contributed by atoms with Gasteiger partial charge in [-0.15, -0.1) is 0 Å². The largest absolute Gasteiger partial charge is 0.497 e. The van der Waals surface area contributed by atoms with Gasteiger partial charge in [0, 0.05) is 12.1 Å². The van der Waals surface area contributed by atoms with Gasteiger partial charge < -0.3 is 24.3 Å². The summed E-state index contributed by atoms with van der Waals surface area (Å²) in [5.74, 6) is -3.51. The molecule has 200 valence electrons. The normalized spacial score (nSPS) is 12.1. The average Bonchev–Trinajstić information content (AvgIpc) is 2.84. The fourth-order valence-corrected chi connectivity index (χ4v) is 2.99. The zero-order valence-corrected chi connectivity index (χ0v) is 20.1. The van der Waals surface area contributed by atoms with Crippen molar-refractivity contribution in [2.24, 2.45) is 5.92 Å². The lowest BCUT2D eigenvalue weighted by Gasteiger charge is -2.20. The molecule has 0 heterocycles. The van der Waals surface area contributed by atoms with E-state index in [4.69, 9.17) is 9.47 Å². The second-order valence-corrected chi connectivity index (χ2v) is 7.78. The summed E-state index contributed by atoms with van der Waals surface area (Å²) < 4.78 is 68.7. The van der Waals surface area contributed by atoms with Crippen LogP contribution in [0, 0.1) is 5.92 Å². The highest BCUT2D eigenvalue weighted by Crippen LogP contribution is 2.28. The summed E-state index contributed by atoms with van der Waals surface area (Å²) >= 11 is 0. The standard InChI is InChI=1S/C25H25F4NO7/c1-14(2)22(30-21(32)11-6-15-4-7-16(34-3)8-5-15)23(33)35-13-19(31)18-10-9-17(36-24(26)27)12-20(18)37-25(28)29/h4-12,14,22,24-25H,13H2,1-3H3,(H,30,32)/b11-6+/t22-/m0/s1. The van der Waals surface area contributed by atoms with Crippen molar-refractivity contribution in [2.45, 2.75) is 33.1 Å². The summed E-state index contributed by atoms with van der Waals surface area (Å²) in [6, 6.07) is 8.31. The lowest BCUT2D eigenvalue weighted by atomic mass is 10.0. The third kappa shape index (κ3) is 9.47. The van der Waals surface area contributed by atoms with Gasteiger partial charge in [-0.2, -0.15) is 17.6 Å². The van der Waals surface area contributed by atoms with E-state index in [0.717, 1.165) is 12.1 Å². The van der Waals surface area contributed by atoms with Crippen molar-refractivity contribution in [3.8, 4) is 17.2 Å². The molecule has 1 N–H and O–H groups in total. The summed E-state index contributed by atoms with van der Waals surface area (Å²) in [4.78, 5) is 37.4. The van der Waals surface area contributed by atoms with E-state index >= 15 is 0 Å². The van der Waals surface area contributed by atoms with E-state index in [2.05, 4.69) is 14.8 Å². The fraction of sp³-hybridized carbons (Fsp3) is 0.320. The van der Waals surface area contributed by atoms with Crippen molar-refractivity contribution < 1.29 is 50.9 Å². The number of esters is 1. The van der Waals surface area contributed by atoms with Crippen LogP contribution in [0.25, 0.3) is 6.08 Å². The summed E-state index contributed by atoms with van der Waals surface area (Å²) in [6.45, 7) is -4.19. The number of benzene rings is 2. The number of amides is 1. The Bertz CT molecular complexity index is 1100. The number of hydrogen-bond acceptors (Lipinski definition) is 7. The molecule has 12 heteroatoms. The van der Waals surface area contributed by atoms with E-state index in [-0.39, 0.29) is 0 Å².